The fraction of sp³-hybridized carbons (Fsp3) is 0.462. The Hall–Kier alpha value is -1.71. The third-order valence-corrected chi connectivity index (χ3v) is 3.60. The van der Waals surface area contributed by atoms with Crippen molar-refractivity contribution in [3.8, 4) is 0 Å². The second-order valence-corrected chi connectivity index (χ2v) is 4.94. The lowest BCUT2D eigenvalue weighted by Gasteiger charge is -2.20. The van der Waals surface area contributed by atoms with Gasteiger partial charge in [0.05, 0.1) is 16.9 Å². The van der Waals surface area contributed by atoms with Gasteiger partial charge < -0.3 is 15.7 Å². The maximum absolute atomic E-state index is 10.8. The Morgan fingerprint density at radius 1 is 1.35 bits per heavy atom. The topological polar surface area (TPSA) is 66.6 Å². The Bertz CT molecular complexity index is 435. The number of rotatable bonds is 2. The zero-order chi connectivity index (χ0) is 12.6. The van der Waals surface area contributed by atoms with Crippen molar-refractivity contribution < 1.29 is 9.90 Å². The SMILES string of the molecule is CC1CN(c2ccc(C(=O)O)cc2N)CC1C. The average Bonchev–Trinajstić information content (AvgIpc) is 2.58. The summed E-state index contributed by atoms with van der Waals surface area (Å²) in [5.41, 5.74) is 7.66. The molecule has 1 aliphatic rings. The number of nitrogen functional groups attached to an aromatic ring is 1. The van der Waals surface area contributed by atoms with Crippen molar-refractivity contribution in [2.75, 3.05) is 23.7 Å². The summed E-state index contributed by atoms with van der Waals surface area (Å²) in [5, 5.41) is 8.88. The molecule has 1 fully saturated rings. The van der Waals surface area contributed by atoms with Gasteiger partial charge in [0, 0.05) is 13.1 Å². The van der Waals surface area contributed by atoms with Gasteiger partial charge in [-0.25, -0.2) is 4.79 Å². The molecule has 2 unspecified atom stereocenters. The van der Waals surface area contributed by atoms with Crippen LogP contribution in [0.4, 0.5) is 11.4 Å². The van der Waals surface area contributed by atoms with E-state index >= 15 is 0 Å². The van der Waals surface area contributed by atoms with Crippen LogP contribution in [0.5, 0.6) is 0 Å². The monoisotopic (exact) mass is 234 g/mol. The van der Waals surface area contributed by atoms with E-state index in [1.165, 1.54) is 6.07 Å². The molecule has 0 amide bonds. The molecule has 3 N–H and O–H groups in total. The number of hydrogen-bond donors (Lipinski definition) is 2. The third-order valence-electron chi connectivity index (χ3n) is 3.60. The second kappa shape index (κ2) is 4.28. The summed E-state index contributed by atoms with van der Waals surface area (Å²) in [6, 6.07) is 4.95. The van der Waals surface area contributed by atoms with Crippen LogP contribution in [0, 0.1) is 11.8 Å². The third kappa shape index (κ3) is 2.20. The van der Waals surface area contributed by atoms with Crippen LogP contribution in [0.1, 0.15) is 24.2 Å². The second-order valence-electron chi connectivity index (χ2n) is 4.94. The molecule has 0 saturated carbocycles. The number of aromatic carboxylic acids is 1. The standard InChI is InChI=1S/C13H18N2O2/c1-8-6-15(7-9(8)2)12-4-3-10(13(16)17)5-11(12)14/h3-5,8-9H,6-7,14H2,1-2H3,(H,16,17). The summed E-state index contributed by atoms with van der Waals surface area (Å²) in [7, 11) is 0. The number of carboxylic acids is 1. The Morgan fingerprint density at radius 2 is 1.94 bits per heavy atom. The normalized spacial score (nSPS) is 24.0. The van der Waals surface area contributed by atoms with E-state index < -0.39 is 5.97 Å². The van der Waals surface area contributed by atoms with Crippen molar-refractivity contribution in [1.29, 1.82) is 0 Å². The number of anilines is 2. The number of hydrogen-bond acceptors (Lipinski definition) is 3. The first-order valence-corrected chi connectivity index (χ1v) is 5.87. The van der Waals surface area contributed by atoms with Crippen molar-refractivity contribution in [2.45, 2.75) is 13.8 Å². The van der Waals surface area contributed by atoms with Crippen LogP contribution in [-0.4, -0.2) is 24.2 Å². The average molecular weight is 234 g/mol. The van der Waals surface area contributed by atoms with Crippen LogP contribution in [0.15, 0.2) is 18.2 Å². The van der Waals surface area contributed by atoms with E-state index in [4.69, 9.17) is 10.8 Å². The molecule has 0 aromatic heterocycles. The van der Waals surface area contributed by atoms with Crippen molar-refractivity contribution in [3.05, 3.63) is 23.8 Å². The molecule has 17 heavy (non-hydrogen) atoms. The number of carbonyl (C=O) groups is 1. The van der Waals surface area contributed by atoms with Gasteiger partial charge in [0.15, 0.2) is 0 Å². The molecule has 0 aliphatic carbocycles. The van der Waals surface area contributed by atoms with E-state index in [1.54, 1.807) is 6.07 Å². The van der Waals surface area contributed by atoms with E-state index in [1.807, 2.05) is 6.07 Å². The van der Waals surface area contributed by atoms with Crippen LogP contribution >= 0.6 is 0 Å². The van der Waals surface area contributed by atoms with Crippen molar-refractivity contribution in [2.24, 2.45) is 11.8 Å². The summed E-state index contributed by atoms with van der Waals surface area (Å²) in [5.74, 6) is 0.355. The fourth-order valence-electron chi connectivity index (χ4n) is 2.30. The van der Waals surface area contributed by atoms with E-state index in [0.717, 1.165) is 18.8 Å². The van der Waals surface area contributed by atoms with E-state index in [-0.39, 0.29) is 5.56 Å². The van der Waals surface area contributed by atoms with Crippen LogP contribution < -0.4 is 10.6 Å². The van der Waals surface area contributed by atoms with Crippen LogP contribution in [0.25, 0.3) is 0 Å². The van der Waals surface area contributed by atoms with Crippen molar-refractivity contribution in [1.82, 2.24) is 0 Å². The summed E-state index contributed by atoms with van der Waals surface area (Å²) < 4.78 is 0. The minimum absolute atomic E-state index is 0.242. The molecule has 1 aromatic rings. The smallest absolute Gasteiger partial charge is 0.335 e. The van der Waals surface area contributed by atoms with Gasteiger partial charge in [0.1, 0.15) is 0 Å². The molecule has 1 saturated heterocycles. The first kappa shape index (κ1) is 11.8. The molecule has 0 bridgehead atoms. The van der Waals surface area contributed by atoms with Gasteiger partial charge in [0.2, 0.25) is 0 Å². The van der Waals surface area contributed by atoms with Gasteiger partial charge in [-0.2, -0.15) is 0 Å². The summed E-state index contributed by atoms with van der Waals surface area (Å²) in [6.45, 7) is 6.43. The lowest BCUT2D eigenvalue weighted by atomic mass is 10.0. The van der Waals surface area contributed by atoms with Crippen molar-refractivity contribution >= 4 is 17.3 Å². The fourth-order valence-corrected chi connectivity index (χ4v) is 2.30. The highest BCUT2D eigenvalue weighted by molar-refractivity contribution is 5.90. The molecule has 1 aromatic carbocycles. The van der Waals surface area contributed by atoms with Crippen LogP contribution in [0.2, 0.25) is 0 Å². The van der Waals surface area contributed by atoms with E-state index in [9.17, 15) is 4.79 Å². The van der Waals surface area contributed by atoms with Gasteiger partial charge in [-0.15, -0.1) is 0 Å². The van der Waals surface area contributed by atoms with Gasteiger partial charge in [-0.05, 0) is 30.0 Å². The molecule has 0 spiro atoms. The number of carboxylic acid groups (broad SMARTS) is 1. The highest BCUT2D eigenvalue weighted by Gasteiger charge is 2.27. The Balaban J connectivity index is 2.26. The molecule has 92 valence electrons. The number of nitrogens with zero attached hydrogens (tertiary/aromatic N) is 1. The zero-order valence-electron chi connectivity index (χ0n) is 10.2. The molecule has 2 atom stereocenters. The van der Waals surface area contributed by atoms with E-state index in [0.29, 0.717) is 17.5 Å². The predicted molar refractivity (Wildman–Crippen MR) is 68.4 cm³/mol. The quantitative estimate of drug-likeness (QED) is 0.769. The van der Waals surface area contributed by atoms with Crippen molar-refractivity contribution in [3.63, 3.8) is 0 Å². The highest BCUT2D eigenvalue weighted by Crippen LogP contribution is 2.31. The van der Waals surface area contributed by atoms with Gasteiger partial charge in [-0.1, -0.05) is 13.8 Å². The molecular weight excluding hydrogens is 216 g/mol. The molecule has 0 radical (unpaired) electrons. The molecule has 4 heteroatoms. The van der Waals surface area contributed by atoms with Crippen LogP contribution in [-0.2, 0) is 0 Å². The van der Waals surface area contributed by atoms with Gasteiger partial charge in [-0.3, -0.25) is 0 Å². The molecule has 4 nitrogen and oxygen atoms in total. The number of benzene rings is 1. The van der Waals surface area contributed by atoms with Gasteiger partial charge in [0.25, 0.3) is 0 Å². The molecule has 1 aliphatic heterocycles. The lowest BCUT2D eigenvalue weighted by molar-refractivity contribution is 0.0697. The minimum Gasteiger partial charge on any atom is -0.478 e. The first-order valence-electron chi connectivity index (χ1n) is 5.87. The Labute approximate surface area is 101 Å². The van der Waals surface area contributed by atoms with Gasteiger partial charge >= 0.3 is 5.97 Å². The maximum atomic E-state index is 10.8. The highest BCUT2D eigenvalue weighted by atomic mass is 16.4. The molecule has 1 heterocycles. The lowest BCUT2D eigenvalue weighted by Crippen LogP contribution is -2.21. The largest absolute Gasteiger partial charge is 0.478 e. The Morgan fingerprint density at radius 3 is 2.41 bits per heavy atom. The Kier molecular flexibility index (Phi) is 2.96. The summed E-state index contributed by atoms with van der Waals surface area (Å²) in [4.78, 5) is 13.1. The number of nitrogens with two attached hydrogens (primary N) is 1. The summed E-state index contributed by atoms with van der Waals surface area (Å²) in [6.07, 6.45) is 0. The van der Waals surface area contributed by atoms with Crippen LogP contribution in [0.3, 0.4) is 0 Å². The van der Waals surface area contributed by atoms with E-state index in [2.05, 4.69) is 18.7 Å². The first-order chi connectivity index (χ1) is 7.99. The molecule has 2 rings (SSSR count). The maximum Gasteiger partial charge on any atom is 0.335 e. The zero-order valence-corrected chi connectivity index (χ0v) is 10.2. The summed E-state index contributed by atoms with van der Waals surface area (Å²) >= 11 is 0. The minimum atomic E-state index is -0.939. The molecular formula is C13H18N2O2. The predicted octanol–water partition coefficient (Wildman–Crippen LogP) is 2.06.